The Balaban J connectivity index is 1.62. The second kappa shape index (κ2) is 12.2. The molecule has 0 amide bonds. The Kier molecular flexibility index (Phi) is 8.90. The first-order valence-corrected chi connectivity index (χ1v) is 14.3. The molecule has 0 saturated carbocycles. The molecule has 0 fully saturated rings. The zero-order valence-electron chi connectivity index (χ0n) is 21.6. The molecule has 1 atom stereocenters. The van der Waals surface area contributed by atoms with Gasteiger partial charge in [-0.3, -0.25) is 0 Å². The fraction of sp³-hybridized carbons (Fsp3) is 0.259. The van der Waals surface area contributed by atoms with E-state index in [4.69, 9.17) is 9.47 Å². The summed E-state index contributed by atoms with van der Waals surface area (Å²) in [6, 6.07) is 15.7. The Morgan fingerprint density at radius 1 is 0.949 bits per heavy atom. The average Bonchev–Trinajstić information content (AvgIpc) is 2.92. The van der Waals surface area contributed by atoms with Gasteiger partial charge in [-0.05, 0) is 54.4 Å². The van der Waals surface area contributed by atoms with Crippen molar-refractivity contribution in [1.29, 1.82) is 0 Å². The van der Waals surface area contributed by atoms with Gasteiger partial charge in [0.05, 0.1) is 26.2 Å². The second-order valence-electron chi connectivity index (χ2n) is 9.23. The third-order valence-corrected chi connectivity index (χ3v) is 7.82. The number of halogens is 1. The Labute approximate surface area is 235 Å². The first-order valence-electron chi connectivity index (χ1n) is 12.0. The summed E-state index contributed by atoms with van der Waals surface area (Å²) in [6.45, 7) is 5.38. The summed E-state index contributed by atoms with van der Waals surface area (Å²) in [5.41, 5.74) is 1.05. The minimum Gasteiger partial charge on any atom is -0.474 e. The van der Waals surface area contributed by atoms with E-state index < -0.39 is 21.7 Å². The van der Waals surface area contributed by atoms with Gasteiger partial charge in [0.1, 0.15) is 25.6 Å². The molecule has 0 aliphatic carbocycles. The summed E-state index contributed by atoms with van der Waals surface area (Å²) in [5.74, 6) is 0.213. The highest BCUT2D eigenvalue weighted by atomic mass is 79.9. The van der Waals surface area contributed by atoms with E-state index in [0.717, 1.165) is 10.0 Å². The minimum absolute atomic E-state index is 0.0884. The molecule has 2 aromatic carbocycles. The lowest BCUT2D eigenvalue weighted by atomic mass is 9.91. The van der Waals surface area contributed by atoms with Gasteiger partial charge < -0.3 is 14.6 Å². The molecule has 2 heterocycles. The summed E-state index contributed by atoms with van der Waals surface area (Å²) in [4.78, 5) is 16.9. The number of nitrogens with zero attached hydrogens (tertiary/aromatic N) is 4. The van der Waals surface area contributed by atoms with Crippen LogP contribution in [0.25, 0.3) is 11.1 Å². The predicted octanol–water partition coefficient (Wildman–Crippen LogP) is 4.25. The van der Waals surface area contributed by atoms with Crippen LogP contribution in [-0.2, 0) is 10.0 Å². The van der Waals surface area contributed by atoms with E-state index >= 15 is 0 Å². The minimum atomic E-state index is -3.93. The highest BCUT2D eigenvalue weighted by Crippen LogP contribution is 2.38. The molecule has 204 valence electrons. The Morgan fingerprint density at radius 3 is 2.26 bits per heavy atom. The van der Waals surface area contributed by atoms with E-state index in [9.17, 15) is 13.5 Å². The van der Waals surface area contributed by atoms with Gasteiger partial charge in [-0.15, -0.1) is 0 Å². The highest BCUT2D eigenvalue weighted by molar-refractivity contribution is 9.10. The number of rotatable bonds is 11. The first kappa shape index (κ1) is 28.6. The number of hydrogen-bond donors (Lipinski definition) is 2. The van der Waals surface area contributed by atoms with Crippen molar-refractivity contribution in [2.24, 2.45) is 0 Å². The smallest absolute Gasteiger partial charge is 0.316 e. The van der Waals surface area contributed by atoms with Gasteiger partial charge in [0, 0.05) is 12.4 Å². The van der Waals surface area contributed by atoms with Gasteiger partial charge in [-0.1, -0.05) is 48.0 Å². The Morgan fingerprint density at radius 2 is 1.59 bits per heavy atom. The van der Waals surface area contributed by atoms with Crippen molar-refractivity contribution in [3.63, 3.8) is 0 Å². The number of hydrogen-bond acceptors (Lipinski definition) is 9. The lowest BCUT2D eigenvalue weighted by Crippen LogP contribution is -2.48. The van der Waals surface area contributed by atoms with Crippen LogP contribution in [0.3, 0.4) is 0 Å². The number of aliphatic hydroxyl groups is 1. The monoisotopic (exact) mass is 613 g/mol. The first-order chi connectivity index (χ1) is 18.6. The summed E-state index contributed by atoms with van der Waals surface area (Å²) < 4.78 is 40.9. The molecule has 0 radical (unpaired) electrons. The third kappa shape index (κ3) is 7.15. The molecule has 1 unspecified atom stereocenters. The van der Waals surface area contributed by atoms with Gasteiger partial charge in [0.25, 0.3) is 0 Å². The van der Waals surface area contributed by atoms with Crippen LogP contribution in [0.15, 0.2) is 82.7 Å². The van der Waals surface area contributed by atoms with E-state index in [2.05, 4.69) is 40.6 Å². The number of aliphatic hydroxyl groups excluding tert-OH is 1. The standard InChI is InChI=1S/C27H28BrN5O5S/c1-18-9-11-19(12-10-18)22-23(24(34)27(2,3)33-39(35,36)21-7-5-4-6-8-21)31-17-32-25(22)37-13-14-38-26-29-15-20(28)16-30-26/h4-12,15-17,24,33-34H,13-14H2,1-3H3. The van der Waals surface area contributed by atoms with Crippen LogP contribution >= 0.6 is 15.9 Å². The molecule has 0 spiro atoms. The maximum atomic E-state index is 13.0. The predicted molar refractivity (Wildman–Crippen MR) is 149 cm³/mol. The molecule has 0 saturated heterocycles. The molecule has 2 N–H and O–H groups in total. The van der Waals surface area contributed by atoms with Gasteiger partial charge in [-0.2, -0.15) is 0 Å². The SMILES string of the molecule is Cc1ccc(-c2c(OCCOc3ncc(Br)cn3)ncnc2C(O)C(C)(C)NS(=O)(=O)c2ccccc2)cc1. The molecule has 10 nitrogen and oxygen atoms in total. The Hall–Kier alpha value is -3.45. The number of ether oxygens (including phenoxy) is 2. The number of benzene rings is 2. The molecule has 4 rings (SSSR count). The van der Waals surface area contributed by atoms with Crippen LogP contribution in [0.2, 0.25) is 0 Å². The molecule has 4 aromatic rings. The van der Waals surface area contributed by atoms with E-state index in [0.29, 0.717) is 11.1 Å². The fourth-order valence-corrected chi connectivity index (χ4v) is 5.38. The molecule has 12 heteroatoms. The zero-order chi connectivity index (χ0) is 28.0. The van der Waals surface area contributed by atoms with Crippen molar-refractivity contribution in [3.8, 4) is 23.0 Å². The lowest BCUT2D eigenvalue weighted by molar-refractivity contribution is 0.0905. The van der Waals surface area contributed by atoms with Crippen molar-refractivity contribution in [3.05, 3.63) is 89.0 Å². The average molecular weight is 615 g/mol. The molecular weight excluding hydrogens is 586 g/mol. The summed E-state index contributed by atoms with van der Waals surface area (Å²) >= 11 is 3.27. The van der Waals surface area contributed by atoms with Crippen molar-refractivity contribution in [2.45, 2.75) is 37.3 Å². The largest absolute Gasteiger partial charge is 0.474 e. The number of sulfonamides is 1. The summed E-state index contributed by atoms with van der Waals surface area (Å²) in [6.07, 6.45) is 3.06. The van der Waals surface area contributed by atoms with Gasteiger partial charge in [0.2, 0.25) is 15.9 Å². The summed E-state index contributed by atoms with van der Waals surface area (Å²) in [7, 11) is -3.93. The van der Waals surface area contributed by atoms with Crippen LogP contribution < -0.4 is 14.2 Å². The fourth-order valence-electron chi connectivity index (χ4n) is 3.74. The van der Waals surface area contributed by atoms with E-state index in [1.807, 2.05) is 31.2 Å². The topological polar surface area (TPSA) is 136 Å². The van der Waals surface area contributed by atoms with Gasteiger partial charge in [-0.25, -0.2) is 33.1 Å². The zero-order valence-corrected chi connectivity index (χ0v) is 24.0. The van der Waals surface area contributed by atoms with Crippen LogP contribution in [0.1, 0.15) is 31.2 Å². The quantitative estimate of drug-likeness (QED) is 0.238. The molecule has 39 heavy (non-hydrogen) atoms. The molecule has 2 aromatic heterocycles. The van der Waals surface area contributed by atoms with Crippen LogP contribution in [0.5, 0.6) is 11.9 Å². The number of nitrogens with one attached hydrogen (secondary N) is 1. The molecule has 0 aliphatic rings. The van der Waals surface area contributed by atoms with Crippen molar-refractivity contribution in [1.82, 2.24) is 24.7 Å². The van der Waals surface area contributed by atoms with E-state index in [-0.39, 0.29) is 35.7 Å². The van der Waals surface area contributed by atoms with E-state index in [1.54, 1.807) is 44.4 Å². The number of aromatic nitrogens is 4. The number of aryl methyl sites for hydroxylation is 1. The van der Waals surface area contributed by atoms with Gasteiger partial charge >= 0.3 is 6.01 Å². The van der Waals surface area contributed by atoms with Crippen molar-refractivity contribution in [2.75, 3.05) is 13.2 Å². The molecule has 0 aliphatic heterocycles. The molecular formula is C27H28BrN5O5S. The maximum Gasteiger partial charge on any atom is 0.316 e. The normalized spacial score (nSPS) is 12.6. The second-order valence-corrected chi connectivity index (χ2v) is 11.8. The van der Waals surface area contributed by atoms with Crippen molar-refractivity contribution < 1.29 is 23.0 Å². The van der Waals surface area contributed by atoms with Crippen LogP contribution in [0, 0.1) is 6.92 Å². The maximum absolute atomic E-state index is 13.0. The lowest BCUT2D eigenvalue weighted by Gasteiger charge is -2.32. The summed E-state index contributed by atoms with van der Waals surface area (Å²) in [5, 5.41) is 11.5. The Bertz CT molecular complexity index is 1500. The van der Waals surface area contributed by atoms with Crippen LogP contribution in [0.4, 0.5) is 0 Å². The van der Waals surface area contributed by atoms with Crippen molar-refractivity contribution >= 4 is 26.0 Å². The van der Waals surface area contributed by atoms with Gasteiger partial charge in [0.15, 0.2) is 0 Å². The van der Waals surface area contributed by atoms with E-state index in [1.165, 1.54) is 18.5 Å². The van der Waals surface area contributed by atoms with Crippen LogP contribution in [-0.4, -0.2) is 52.2 Å². The highest BCUT2D eigenvalue weighted by Gasteiger charge is 2.37. The third-order valence-electron chi connectivity index (χ3n) is 5.73. The molecule has 0 bridgehead atoms.